The molecule has 0 spiro atoms. The summed E-state index contributed by atoms with van der Waals surface area (Å²) < 4.78 is 0. The maximum atomic E-state index is 12.1. The van der Waals surface area contributed by atoms with E-state index in [1.54, 1.807) is 18.2 Å². The zero-order valence-corrected chi connectivity index (χ0v) is 13.3. The van der Waals surface area contributed by atoms with Crippen molar-refractivity contribution in [3.8, 4) is 0 Å². The lowest BCUT2D eigenvalue weighted by atomic mass is 10.1. The summed E-state index contributed by atoms with van der Waals surface area (Å²) in [4.78, 5) is 14.6. The first-order chi connectivity index (χ1) is 10.1. The molecule has 1 aliphatic heterocycles. The van der Waals surface area contributed by atoms with Crippen molar-refractivity contribution in [1.29, 1.82) is 0 Å². The molecule has 0 bridgehead atoms. The number of nitrogens with zero attached hydrogens (tertiary/aromatic N) is 1. The highest BCUT2D eigenvalue weighted by Gasteiger charge is 2.16. The van der Waals surface area contributed by atoms with Crippen LogP contribution in [0.15, 0.2) is 18.2 Å². The van der Waals surface area contributed by atoms with E-state index in [2.05, 4.69) is 17.1 Å². The first-order valence-corrected chi connectivity index (χ1v) is 8.00. The molecule has 1 fully saturated rings. The zero-order chi connectivity index (χ0) is 15.2. The topological polar surface area (TPSA) is 58.4 Å². The molecule has 3 N–H and O–H groups in total. The number of hydrogen-bond acceptors (Lipinski definition) is 3. The van der Waals surface area contributed by atoms with Crippen LogP contribution in [0.4, 0.5) is 5.69 Å². The van der Waals surface area contributed by atoms with E-state index in [1.165, 1.54) is 32.4 Å². The highest BCUT2D eigenvalue weighted by atomic mass is 35.5. The number of halogens is 1. The number of carbonyl (C=O) groups is 1. The Kier molecular flexibility index (Phi) is 5.88. The van der Waals surface area contributed by atoms with Crippen molar-refractivity contribution in [3.63, 3.8) is 0 Å². The molecule has 0 aromatic heterocycles. The monoisotopic (exact) mass is 309 g/mol. The van der Waals surface area contributed by atoms with Gasteiger partial charge in [-0.2, -0.15) is 0 Å². The largest absolute Gasteiger partial charge is 0.398 e. The molecule has 5 heteroatoms. The van der Waals surface area contributed by atoms with Gasteiger partial charge in [-0.3, -0.25) is 4.79 Å². The van der Waals surface area contributed by atoms with Gasteiger partial charge in [-0.25, -0.2) is 0 Å². The van der Waals surface area contributed by atoms with Crippen molar-refractivity contribution in [1.82, 2.24) is 10.2 Å². The van der Waals surface area contributed by atoms with Crippen molar-refractivity contribution in [3.05, 3.63) is 28.8 Å². The van der Waals surface area contributed by atoms with Crippen molar-refractivity contribution in [2.75, 3.05) is 31.9 Å². The van der Waals surface area contributed by atoms with Crippen molar-refractivity contribution in [2.45, 2.75) is 26.2 Å². The molecule has 21 heavy (non-hydrogen) atoms. The fourth-order valence-corrected chi connectivity index (χ4v) is 2.95. The second-order valence-electron chi connectivity index (χ2n) is 5.89. The van der Waals surface area contributed by atoms with Gasteiger partial charge in [-0.15, -0.1) is 0 Å². The standard InChI is InChI=1S/C16H24ClN3O/c1-12(11-20-8-3-2-4-9-20)10-19-16(21)13-6-5-7-14(18)15(13)17/h5-7,12H,2-4,8-11,18H2,1H3,(H,19,21). The van der Waals surface area contributed by atoms with Crippen LogP contribution in [0, 0.1) is 5.92 Å². The SMILES string of the molecule is CC(CNC(=O)c1cccc(N)c1Cl)CN1CCCCC1. The van der Waals surface area contributed by atoms with E-state index in [0.29, 0.717) is 28.7 Å². The molecular weight excluding hydrogens is 286 g/mol. The van der Waals surface area contributed by atoms with Gasteiger partial charge in [-0.05, 0) is 44.0 Å². The van der Waals surface area contributed by atoms with Crippen molar-refractivity contribution in [2.24, 2.45) is 5.92 Å². The number of nitrogen functional groups attached to an aromatic ring is 1. The second kappa shape index (κ2) is 7.66. The minimum atomic E-state index is -0.155. The Morgan fingerprint density at radius 2 is 2.10 bits per heavy atom. The van der Waals surface area contributed by atoms with Crippen LogP contribution in [0.3, 0.4) is 0 Å². The number of nitrogens with two attached hydrogens (primary N) is 1. The van der Waals surface area contributed by atoms with Crippen LogP contribution < -0.4 is 11.1 Å². The van der Waals surface area contributed by atoms with Crippen LogP contribution in [-0.4, -0.2) is 37.0 Å². The molecule has 1 atom stereocenters. The Morgan fingerprint density at radius 3 is 2.81 bits per heavy atom. The first kappa shape index (κ1) is 16.1. The maximum Gasteiger partial charge on any atom is 0.252 e. The minimum absolute atomic E-state index is 0.155. The quantitative estimate of drug-likeness (QED) is 0.822. The maximum absolute atomic E-state index is 12.1. The van der Waals surface area contributed by atoms with Gasteiger partial charge in [0.25, 0.3) is 5.91 Å². The number of rotatable bonds is 5. The third-order valence-corrected chi connectivity index (χ3v) is 4.32. The van der Waals surface area contributed by atoms with Crippen molar-refractivity contribution < 1.29 is 4.79 Å². The molecule has 1 heterocycles. The smallest absolute Gasteiger partial charge is 0.252 e. The van der Waals surface area contributed by atoms with Gasteiger partial charge < -0.3 is 16.0 Å². The van der Waals surface area contributed by atoms with Gasteiger partial charge in [-0.1, -0.05) is 31.0 Å². The van der Waals surface area contributed by atoms with E-state index in [1.807, 2.05) is 0 Å². The van der Waals surface area contributed by atoms with Gasteiger partial charge >= 0.3 is 0 Å². The normalized spacial score (nSPS) is 17.4. The minimum Gasteiger partial charge on any atom is -0.398 e. The Morgan fingerprint density at radius 1 is 1.38 bits per heavy atom. The van der Waals surface area contributed by atoms with E-state index in [4.69, 9.17) is 17.3 Å². The first-order valence-electron chi connectivity index (χ1n) is 7.62. The van der Waals surface area contributed by atoms with Crippen molar-refractivity contribution >= 4 is 23.2 Å². The third kappa shape index (κ3) is 4.61. The average molecular weight is 310 g/mol. The summed E-state index contributed by atoms with van der Waals surface area (Å²) in [6.45, 7) is 6.21. The summed E-state index contributed by atoms with van der Waals surface area (Å²) in [5.41, 5.74) is 6.60. The molecule has 1 aliphatic rings. The molecular formula is C16H24ClN3O. The van der Waals surface area contributed by atoms with Crippen LogP contribution in [-0.2, 0) is 0 Å². The fraction of sp³-hybridized carbons (Fsp3) is 0.562. The Bertz CT molecular complexity index is 486. The molecule has 0 saturated carbocycles. The average Bonchev–Trinajstić information content (AvgIpc) is 2.48. The van der Waals surface area contributed by atoms with Crippen LogP contribution in [0.1, 0.15) is 36.5 Å². The summed E-state index contributed by atoms with van der Waals surface area (Å²) in [7, 11) is 0. The Balaban J connectivity index is 1.81. The van der Waals surface area contributed by atoms with Crippen LogP contribution >= 0.6 is 11.6 Å². The zero-order valence-electron chi connectivity index (χ0n) is 12.6. The fourth-order valence-electron chi connectivity index (χ4n) is 2.73. The molecule has 1 unspecified atom stereocenters. The summed E-state index contributed by atoms with van der Waals surface area (Å²) in [5, 5.41) is 3.28. The number of benzene rings is 1. The van der Waals surface area contributed by atoms with E-state index < -0.39 is 0 Å². The number of anilines is 1. The number of carbonyl (C=O) groups excluding carboxylic acids is 1. The van der Waals surface area contributed by atoms with Gasteiger partial charge in [0.15, 0.2) is 0 Å². The lowest BCUT2D eigenvalue weighted by Crippen LogP contribution is -2.38. The molecule has 1 aromatic carbocycles. The molecule has 1 amide bonds. The summed E-state index contributed by atoms with van der Waals surface area (Å²) in [6, 6.07) is 5.13. The number of piperidine rings is 1. The van der Waals surface area contributed by atoms with E-state index in [0.717, 1.165) is 6.54 Å². The third-order valence-electron chi connectivity index (χ3n) is 3.90. The van der Waals surface area contributed by atoms with Crippen LogP contribution in [0.25, 0.3) is 0 Å². The summed E-state index contributed by atoms with van der Waals surface area (Å²) in [5.74, 6) is 0.268. The lowest BCUT2D eigenvalue weighted by molar-refractivity contribution is 0.0943. The summed E-state index contributed by atoms with van der Waals surface area (Å²) >= 11 is 6.06. The lowest BCUT2D eigenvalue weighted by Gasteiger charge is -2.29. The Labute approximate surface area is 131 Å². The van der Waals surface area contributed by atoms with Gasteiger partial charge in [0.1, 0.15) is 0 Å². The predicted molar refractivity (Wildman–Crippen MR) is 87.7 cm³/mol. The van der Waals surface area contributed by atoms with Gasteiger partial charge in [0.05, 0.1) is 16.3 Å². The van der Waals surface area contributed by atoms with Crippen LogP contribution in [0.5, 0.6) is 0 Å². The molecule has 1 aromatic rings. The van der Waals surface area contributed by atoms with Gasteiger partial charge in [0.2, 0.25) is 0 Å². The molecule has 1 saturated heterocycles. The molecule has 116 valence electrons. The van der Waals surface area contributed by atoms with E-state index in [9.17, 15) is 4.79 Å². The van der Waals surface area contributed by atoms with Crippen LogP contribution in [0.2, 0.25) is 5.02 Å². The van der Waals surface area contributed by atoms with E-state index in [-0.39, 0.29) is 5.91 Å². The number of hydrogen-bond donors (Lipinski definition) is 2. The highest BCUT2D eigenvalue weighted by Crippen LogP contribution is 2.22. The Hall–Kier alpha value is -1.26. The molecule has 0 aliphatic carbocycles. The number of amides is 1. The van der Waals surface area contributed by atoms with Gasteiger partial charge in [0, 0.05) is 13.1 Å². The van der Waals surface area contributed by atoms with E-state index >= 15 is 0 Å². The second-order valence-corrected chi connectivity index (χ2v) is 6.26. The highest BCUT2D eigenvalue weighted by molar-refractivity contribution is 6.36. The predicted octanol–water partition coefficient (Wildman–Crippen LogP) is 2.77. The molecule has 0 radical (unpaired) electrons. The molecule has 4 nitrogen and oxygen atoms in total. The molecule has 2 rings (SSSR count). The summed E-state index contributed by atoms with van der Waals surface area (Å²) in [6.07, 6.45) is 3.92. The number of likely N-dealkylation sites (tertiary alicyclic amines) is 1. The number of nitrogens with one attached hydrogen (secondary N) is 1.